The molecule has 0 radical (unpaired) electrons. The zero-order valence-electron chi connectivity index (χ0n) is 15.8. The van der Waals surface area contributed by atoms with Crippen LogP contribution in [-0.2, 0) is 18.0 Å². The number of rotatable bonds is 4. The number of hydrogen-bond acceptors (Lipinski definition) is 4. The van der Waals surface area contributed by atoms with Crippen LogP contribution in [0.2, 0.25) is 0 Å². The van der Waals surface area contributed by atoms with Crippen LogP contribution in [0.5, 0.6) is 0 Å². The molecule has 1 amide bonds. The number of aryl methyl sites for hydroxylation is 1. The van der Waals surface area contributed by atoms with Crippen LogP contribution in [0.4, 0.5) is 19.0 Å². The van der Waals surface area contributed by atoms with Crippen molar-refractivity contribution in [3.8, 4) is 11.3 Å². The van der Waals surface area contributed by atoms with Crippen molar-refractivity contribution >= 4 is 11.7 Å². The SMILES string of the molecule is CC1CCC(C(N)C(=O)Nc2ccc(-c3c(C(F)(F)F)cnn3C)cn2)CC1. The Kier molecular flexibility index (Phi) is 5.74. The molecule has 9 heteroatoms. The first-order valence-electron chi connectivity index (χ1n) is 9.29. The number of amides is 1. The number of carbonyl (C=O) groups is 1. The number of pyridine rings is 1. The van der Waals surface area contributed by atoms with Gasteiger partial charge in [-0.1, -0.05) is 19.8 Å². The second-order valence-electron chi connectivity index (χ2n) is 7.50. The van der Waals surface area contributed by atoms with Gasteiger partial charge in [0.2, 0.25) is 5.91 Å². The Hall–Kier alpha value is -2.42. The van der Waals surface area contributed by atoms with Crippen LogP contribution in [0, 0.1) is 11.8 Å². The maximum Gasteiger partial charge on any atom is 0.420 e. The highest BCUT2D eigenvalue weighted by atomic mass is 19.4. The van der Waals surface area contributed by atoms with Crippen molar-refractivity contribution in [2.75, 3.05) is 5.32 Å². The van der Waals surface area contributed by atoms with Gasteiger partial charge in [-0.2, -0.15) is 18.3 Å². The van der Waals surface area contributed by atoms with Crippen molar-refractivity contribution in [3.63, 3.8) is 0 Å². The minimum absolute atomic E-state index is 0.0779. The Morgan fingerprint density at radius 1 is 1.25 bits per heavy atom. The van der Waals surface area contributed by atoms with Crippen LogP contribution in [-0.4, -0.2) is 26.7 Å². The van der Waals surface area contributed by atoms with E-state index in [0.29, 0.717) is 5.92 Å². The molecule has 0 aromatic carbocycles. The van der Waals surface area contributed by atoms with Gasteiger partial charge in [-0.25, -0.2) is 4.98 Å². The molecule has 0 aliphatic heterocycles. The molecule has 0 bridgehead atoms. The number of nitrogens with zero attached hydrogens (tertiary/aromatic N) is 3. The number of anilines is 1. The Morgan fingerprint density at radius 3 is 2.50 bits per heavy atom. The summed E-state index contributed by atoms with van der Waals surface area (Å²) in [5, 5.41) is 6.36. The molecule has 1 saturated carbocycles. The number of halogens is 3. The summed E-state index contributed by atoms with van der Waals surface area (Å²) in [4.78, 5) is 16.5. The van der Waals surface area contributed by atoms with Crippen LogP contribution in [0.15, 0.2) is 24.5 Å². The lowest BCUT2D eigenvalue weighted by Crippen LogP contribution is -2.43. The molecule has 152 valence electrons. The van der Waals surface area contributed by atoms with Crippen molar-refractivity contribution in [2.24, 2.45) is 24.6 Å². The number of aromatic nitrogens is 3. The zero-order valence-corrected chi connectivity index (χ0v) is 15.8. The van der Waals surface area contributed by atoms with E-state index in [4.69, 9.17) is 5.73 Å². The van der Waals surface area contributed by atoms with Crippen molar-refractivity contribution in [2.45, 2.75) is 44.8 Å². The number of nitrogens with two attached hydrogens (primary N) is 1. The molecular weight excluding hydrogens is 371 g/mol. The first kappa shape index (κ1) is 20.3. The highest BCUT2D eigenvalue weighted by molar-refractivity contribution is 5.94. The fourth-order valence-corrected chi connectivity index (χ4v) is 3.66. The second kappa shape index (κ2) is 7.90. The predicted octanol–water partition coefficient (Wildman–Crippen LogP) is 3.59. The Morgan fingerprint density at radius 2 is 1.93 bits per heavy atom. The maximum atomic E-state index is 13.1. The summed E-state index contributed by atoms with van der Waals surface area (Å²) in [5.74, 6) is 0.731. The highest BCUT2D eigenvalue weighted by Gasteiger charge is 2.36. The average Bonchev–Trinajstić information content (AvgIpc) is 3.04. The Balaban J connectivity index is 1.70. The monoisotopic (exact) mass is 395 g/mol. The molecule has 2 aromatic heterocycles. The fourth-order valence-electron chi connectivity index (χ4n) is 3.66. The fraction of sp³-hybridized carbons (Fsp3) is 0.526. The van der Waals surface area contributed by atoms with Crippen molar-refractivity contribution < 1.29 is 18.0 Å². The lowest BCUT2D eigenvalue weighted by atomic mass is 9.79. The summed E-state index contributed by atoms with van der Waals surface area (Å²) in [6.07, 6.45) is 1.52. The van der Waals surface area contributed by atoms with Gasteiger partial charge in [-0.3, -0.25) is 9.48 Å². The maximum absolute atomic E-state index is 13.1. The third kappa shape index (κ3) is 4.35. The molecule has 1 fully saturated rings. The predicted molar refractivity (Wildman–Crippen MR) is 99.2 cm³/mol. The molecule has 6 nitrogen and oxygen atoms in total. The van der Waals surface area contributed by atoms with Gasteiger partial charge in [0.1, 0.15) is 11.4 Å². The van der Waals surface area contributed by atoms with E-state index >= 15 is 0 Å². The van der Waals surface area contributed by atoms with E-state index in [9.17, 15) is 18.0 Å². The lowest BCUT2D eigenvalue weighted by molar-refractivity contribution is -0.137. The topological polar surface area (TPSA) is 85.8 Å². The quantitative estimate of drug-likeness (QED) is 0.828. The van der Waals surface area contributed by atoms with E-state index in [0.717, 1.165) is 36.6 Å². The minimum Gasteiger partial charge on any atom is -0.320 e. The van der Waals surface area contributed by atoms with Gasteiger partial charge in [0, 0.05) is 18.8 Å². The third-order valence-electron chi connectivity index (χ3n) is 5.40. The van der Waals surface area contributed by atoms with Gasteiger partial charge >= 0.3 is 6.18 Å². The second-order valence-corrected chi connectivity index (χ2v) is 7.50. The summed E-state index contributed by atoms with van der Waals surface area (Å²) in [6.45, 7) is 2.19. The molecule has 2 aromatic rings. The Labute approximate surface area is 161 Å². The standard InChI is InChI=1S/C19H24F3N5O/c1-11-3-5-12(6-4-11)16(23)18(28)26-15-8-7-13(9-24-15)17-14(19(20,21)22)10-25-27(17)2/h7-12,16H,3-6,23H2,1-2H3,(H,24,26,28). The summed E-state index contributed by atoms with van der Waals surface area (Å²) < 4.78 is 40.6. The molecule has 2 heterocycles. The zero-order chi connectivity index (χ0) is 20.5. The van der Waals surface area contributed by atoms with Gasteiger partial charge in [0.25, 0.3) is 0 Å². The van der Waals surface area contributed by atoms with Gasteiger partial charge in [-0.15, -0.1) is 0 Å². The smallest absolute Gasteiger partial charge is 0.320 e. The summed E-state index contributed by atoms with van der Waals surface area (Å²) in [7, 11) is 1.43. The van der Waals surface area contributed by atoms with E-state index in [1.807, 2.05) is 0 Å². The number of hydrogen-bond donors (Lipinski definition) is 2. The van der Waals surface area contributed by atoms with E-state index in [1.54, 1.807) is 0 Å². The number of nitrogens with one attached hydrogen (secondary N) is 1. The van der Waals surface area contributed by atoms with Crippen LogP contribution < -0.4 is 11.1 Å². The summed E-state index contributed by atoms with van der Waals surface area (Å²) >= 11 is 0. The number of carbonyl (C=O) groups excluding carboxylic acids is 1. The molecule has 0 saturated heterocycles. The third-order valence-corrected chi connectivity index (χ3v) is 5.40. The molecular formula is C19H24F3N5O. The molecule has 3 N–H and O–H groups in total. The van der Waals surface area contributed by atoms with Gasteiger partial charge in [0.05, 0.1) is 17.9 Å². The van der Waals surface area contributed by atoms with E-state index in [1.165, 1.54) is 25.4 Å². The van der Waals surface area contributed by atoms with Crippen LogP contribution in [0.25, 0.3) is 11.3 Å². The van der Waals surface area contributed by atoms with Crippen LogP contribution in [0.3, 0.4) is 0 Å². The summed E-state index contributed by atoms with van der Waals surface area (Å²) in [5.41, 5.74) is 5.45. The molecule has 1 atom stereocenters. The normalized spacial score (nSPS) is 21.4. The van der Waals surface area contributed by atoms with Gasteiger partial charge in [-0.05, 0) is 36.8 Å². The van der Waals surface area contributed by atoms with E-state index < -0.39 is 17.8 Å². The Bertz CT molecular complexity index is 823. The van der Waals surface area contributed by atoms with Crippen LogP contribution >= 0.6 is 0 Å². The van der Waals surface area contributed by atoms with Crippen molar-refractivity contribution in [3.05, 3.63) is 30.1 Å². The van der Waals surface area contributed by atoms with Gasteiger partial charge < -0.3 is 11.1 Å². The average molecular weight is 395 g/mol. The van der Waals surface area contributed by atoms with E-state index in [2.05, 4.69) is 22.3 Å². The molecule has 1 aliphatic carbocycles. The lowest BCUT2D eigenvalue weighted by Gasteiger charge is -2.29. The first-order chi connectivity index (χ1) is 13.2. The van der Waals surface area contributed by atoms with Crippen molar-refractivity contribution in [1.82, 2.24) is 14.8 Å². The van der Waals surface area contributed by atoms with Crippen LogP contribution in [0.1, 0.15) is 38.2 Å². The molecule has 1 unspecified atom stereocenters. The molecule has 3 rings (SSSR count). The number of alkyl halides is 3. The molecule has 0 spiro atoms. The molecule has 1 aliphatic rings. The first-order valence-corrected chi connectivity index (χ1v) is 9.29. The minimum atomic E-state index is -4.51. The van der Waals surface area contributed by atoms with Crippen molar-refractivity contribution in [1.29, 1.82) is 0 Å². The van der Waals surface area contributed by atoms with E-state index in [-0.39, 0.29) is 28.9 Å². The molecule has 28 heavy (non-hydrogen) atoms. The largest absolute Gasteiger partial charge is 0.420 e. The van der Waals surface area contributed by atoms with Gasteiger partial charge in [0.15, 0.2) is 0 Å². The summed E-state index contributed by atoms with van der Waals surface area (Å²) in [6, 6.07) is 2.32. The highest BCUT2D eigenvalue weighted by Crippen LogP contribution is 2.36.